The fourth-order valence-corrected chi connectivity index (χ4v) is 1.58. The lowest BCUT2D eigenvalue weighted by atomic mass is 10.1. The second-order valence-electron chi connectivity index (χ2n) is 5.39. The Morgan fingerprint density at radius 3 is 2.21 bits per heavy atom. The third-order valence-electron chi connectivity index (χ3n) is 2.46. The minimum Gasteiger partial charge on any atom is -0.443 e. The van der Waals surface area contributed by atoms with E-state index < -0.39 is 11.7 Å². The van der Waals surface area contributed by atoms with Crippen LogP contribution < -0.4 is 0 Å². The third kappa shape index (κ3) is 5.55. The highest BCUT2D eigenvalue weighted by Crippen LogP contribution is 2.11. The molecule has 0 heterocycles. The van der Waals surface area contributed by atoms with E-state index in [0.29, 0.717) is 13.0 Å². The lowest BCUT2D eigenvalue weighted by Gasteiger charge is -2.25. The van der Waals surface area contributed by atoms with Crippen LogP contribution >= 0.6 is 0 Å². The van der Waals surface area contributed by atoms with Crippen LogP contribution in [0.3, 0.4) is 0 Å². The summed E-state index contributed by atoms with van der Waals surface area (Å²) in [7, 11) is 0. The number of imide groups is 1. The monoisotopic (exact) mass is 263 g/mol. The maximum Gasteiger partial charge on any atom is 0.417 e. The maximum absolute atomic E-state index is 11.9. The molecule has 19 heavy (non-hydrogen) atoms. The Kier molecular flexibility index (Phi) is 5.10. The zero-order chi connectivity index (χ0) is 14.5. The Morgan fingerprint density at radius 2 is 1.74 bits per heavy atom. The van der Waals surface area contributed by atoms with Crippen molar-refractivity contribution in [2.45, 2.75) is 39.7 Å². The molecule has 0 aromatic heterocycles. The van der Waals surface area contributed by atoms with Crippen molar-refractivity contribution in [3.8, 4) is 0 Å². The summed E-state index contributed by atoms with van der Waals surface area (Å²) in [4.78, 5) is 24.6. The molecule has 2 amide bonds. The molecule has 4 heteroatoms. The molecule has 0 bridgehead atoms. The van der Waals surface area contributed by atoms with Gasteiger partial charge in [-0.1, -0.05) is 30.3 Å². The van der Waals surface area contributed by atoms with Crippen molar-refractivity contribution < 1.29 is 14.3 Å². The van der Waals surface area contributed by atoms with Crippen molar-refractivity contribution in [3.63, 3.8) is 0 Å². The summed E-state index contributed by atoms with van der Waals surface area (Å²) in [5, 5.41) is 0. The van der Waals surface area contributed by atoms with Crippen LogP contribution in [-0.2, 0) is 16.0 Å². The molecule has 0 aliphatic carbocycles. The Balaban J connectivity index is 2.64. The number of amides is 2. The lowest BCUT2D eigenvalue weighted by molar-refractivity contribution is -0.128. The number of ether oxygens (including phenoxy) is 1. The van der Waals surface area contributed by atoms with Crippen LogP contribution in [0.2, 0.25) is 0 Å². The minimum atomic E-state index is -0.600. The van der Waals surface area contributed by atoms with Gasteiger partial charge in [0.1, 0.15) is 5.60 Å². The van der Waals surface area contributed by atoms with Crippen LogP contribution in [0.25, 0.3) is 0 Å². The molecule has 0 fully saturated rings. The van der Waals surface area contributed by atoms with Gasteiger partial charge in [0.15, 0.2) is 0 Å². The fraction of sp³-hybridized carbons (Fsp3) is 0.467. The number of carbonyl (C=O) groups is 2. The van der Waals surface area contributed by atoms with E-state index >= 15 is 0 Å². The van der Waals surface area contributed by atoms with Gasteiger partial charge < -0.3 is 4.74 Å². The highest BCUT2D eigenvalue weighted by atomic mass is 16.6. The molecule has 0 aliphatic heterocycles. The highest BCUT2D eigenvalue weighted by molar-refractivity contribution is 5.90. The number of carbonyl (C=O) groups excluding carboxylic acids is 2. The van der Waals surface area contributed by atoms with Crippen LogP contribution in [-0.4, -0.2) is 29.0 Å². The van der Waals surface area contributed by atoms with Crippen LogP contribution in [0.4, 0.5) is 4.79 Å². The summed E-state index contributed by atoms with van der Waals surface area (Å²) in [6.07, 6.45) is 0.0376. The lowest BCUT2D eigenvalue weighted by Crippen LogP contribution is -2.40. The first kappa shape index (κ1) is 15.2. The summed E-state index contributed by atoms with van der Waals surface area (Å²) in [5.74, 6) is -0.301. The Bertz CT molecular complexity index is 434. The Hall–Kier alpha value is -1.84. The number of nitrogens with zero attached hydrogens (tertiary/aromatic N) is 1. The second kappa shape index (κ2) is 6.36. The van der Waals surface area contributed by atoms with Gasteiger partial charge in [-0.3, -0.25) is 4.79 Å². The molecule has 1 aromatic carbocycles. The molecule has 1 rings (SSSR count). The highest BCUT2D eigenvalue weighted by Gasteiger charge is 2.24. The molecular formula is C15H21NO3. The quantitative estimate of drug-likeness (QED) is 0.842. The molecule has 0 N–H and O–H groups in total. The molecule has 0 saturated carbocycles. The van der Waals surface area contributed by atoms with E-state index in [9.17, 15) is 9.59 Å². The van der Waals surface area contributed by atoms with Crippen LogP contribution in [0.1, 0.15) is 33.3 Å². The molecule has 0 radical (unpaired) electrons. The van der Waals surface area contributed by atoms with Crippen molar-refractivity contribution in [3.05, 3.63) is 35.9 Å². The number of hydrogen-bond acceptors (Lipinski definition) is 3. The van der Waals surface area contributed by atoms with Gasteiger partial charge >= 0.3 is 6.09 Å². The Labute approximate surface area is 114 Å². The van der Waals surface area contributed by atoms with Crippen LogP contribution in [0.5, 0.6) is 0 Å². The van der Waals surface area contributed by atoms with Gasteiger partial charge in [0.25, 0.3) is 0 Å². The van der Waals surface area contributed by atoms with Crippen molar-refractivity contribution in [2.24, 2.45) is 0 Å². The summed E-state index contributed by atoms with van der Waals surface area (Å²) < 4.78 is 5.22. The summed E-state index contributed by atoms with van der Waals surface area (Å²) in [6, 6.07) is 9.72. The molecule has 0 aliphatic rings. The van der Waals surface area contributed by atoms with Gasteiger partial charge in [-0.15, -0.1) is 0 Å². The van der Waals surface area contributed by atoms with Crippen molar-refractivity contribution in [1.82, 2.24) is 4.90 Å². The predicted molar refractivity (Wildman–Crippen MR) is 73.8 cm³/mol. The smallest absolute Gasteiger partial charge is 0.417 e. The van der Waals surface area contributed by atoms with Gasteiger partial charge in [-0.05, 0) is 32.8 Å². The maximum atomic E-state index is 11.9. The van der Waals surface area contributed by atoms with Crippen molar-refractivity contribution in [2.75, 3.05) is 6.54 Å². The molecular weight excluding hydrogens is 242 g/mol. The zero-order valence-corrected chi connectivity index (χ0v) is 12.0. The van der Waals surface area contributed by atoms with Crippen molar-refractivity contribution >= 4 is 12.0 Å². The van der Waals surface area contributed by atoms with E-state index in [0.717, 1.165) is 10.5 Å². The van der Waals surface area contributed by atoms with Gasteiger partial charge in [-0.2, -0.15) is 0 Å². The summed E-state index contributed by atoms with van der Waals surface area (Å²) in [6.45, 7) is 7.03. The van der Waals surface area contributed by atoms with Crippen molar-refractivity contribution in [1.29, 1.82) is 0 Å². The number of rotatable bonds is 3. The zero-order valence-electron chi connectivity index (χ0n) is 12.0. The first-order chi connectivity index (χ1) is 8.79. The normalized spacial score (nSPS) is 10.9. The largest absolute Gasteiger partial charge is 0.443 e. The molecule has 1 aromatic rings. The average Bonchev–Trinajstić information content (AvgIpc) is 2.27. The minimum absolute atomic E-state index is 0.301. The second-order valence-corrected chi connectivity index (χ2v) is 5.39. The van der Waals surface area contributed by atoms with E-state index in [4.69, 9.17) is 4.74 Å². The third-order valence-corrected chi connectivity index (χ3v) is 2.46. The molecule has 0 saturated heterocycles. The number of benzene rings is 1. The molecule has 0 spiro atoms. The topological polar surface area (TPSA) is 46.6 Å². The predicted octanol–water partition coefficient (Wildman–Crippen LogP) is 3.01. The van der Waals surface area contributed by atoms with E-state index in [1.807, 2.05) is 30.3 Å². The standard InChI is InChI=1S/C15H21NO3/c1-12(17)16(14(18)19-15(2,3)4)11-10-13-8-6-5-7-9-13/h5-9H,10-11H2,1-4H3. The summed E-state index contributed by atoms with van der Waals surface area (Å²) >= 11 is 0. The van der Waals surface area contributed by atoms with Crippen LogP contribution in [0, 0.1) is 0 Å². The molecule has 4 nitrogen and oxygen atoms in total. The van der Waals surface area contributed by atoms with Gasteiger partial charge in [0.2, 0.25) is 5.91 Å². The molecule has 0 atom stereocenters. The van der Waals surface area contributed by atoms with E-state index in [1.165, 1.54) is 6.92 Å². The number of hydrogen-bond donors (Lipinski definition) is 0. The molecule has 0 unspecified atom stereocenters. The van der Waals surface area contributed by atoms with E-state index in [2.05, 4.69) is 0 Å². The first-order valence-corrected chi connectivity index (χ1v) is 6.34. The van der Waals surface area contributed by atoms with E-state index in [-0.39, 0.29) is 5.91 Å². The van der Waals surface area contributed by atoms with E-state index in [1.54, 1.807) is 20.8 Å². The van der Waals surface area contributed by atoms with Gasteiger partial charge in [-0.25, -0.2) is 9.69 Å². The molecule has 104 valence electrons. The Morgan fingerprint density at radius 1 is 1.16 bits per heavy atom. The van der Waals surface area contributed by atoms with Gasteiger partial charge in [0, 0.05) is 13.5 Å². The fourth-order valence-electron chi connectivity index (χ4n) is 1.58. The SMILES string of the molecule is CC(=O)N(CCc1ccccc1)C(=O)OC(C)(C)C. The van der Waals surface area contributed by atoms with Gasteiger partial charge in [0.05, 0.1) is 0 Å². The summed E-state index contributed by atoms with van der Waals surface area (Å²) in [5.41, 5.74) is 0.481. The van der Waals surface area contributed by atoms with Crippen LogP contribution in [0.15, 0.2) is 30.3 Å². The average molecular weight is 263 g/mol. The first-order valence-electron chi connectivity index (χ1n) is 6.34.